The normalized spacial score (nSPS) is 9.20. The maximum Gasteiger partial charge on any atom is 0.419 e. The lowest BCUT2D eigenvalue weighted by atomic mass is 10.2. The number of hydrogen-bond acceptors (Lipinski definition) is 6. The molecule has 10 heteroatoms. The molecule has 0 atom stereocenters. The van der Waals surface area contributed by atoms with Crippen LogP contribution in [0.4, 0.5) is 21.0 Å². The molecule has 1 aromatic carbocycles. The molecule has 0 bridgehead atoms. The van der Waals surface area contributed by atoms with Crippen molar-refractivity contribution in [3.8, 4) is 0 Å². The van der Waals surface area contributed by atoms with Crippen LogP contribution >= 0.6 is 0 Å². The molecule has 0 saturated heterocycles. The van der Waals surface area contributed by atoms with Crippen molar-refractivity contribution in [3.63, 3.8) is 0 Å². The van der Waals surface area contributed by atoms with Crippen LogP contribution in [-0.4, -0.2) is 24.2 Å². The van der Waals surface area contributed by atoms with E-state index < -0.39 is 24.2 Å². The second kappa shape index (κ2) is 6.58. The number of benzene rings is 1. The van der Waals surface area contributed by atoms with Gasteiger partial charge in [-0.15, -0.1) is 0 Å². The highest BCUT2D eigenvalue weighted by molar-refractivity contribution is 5.99. The fourth-order valence-electron chi connectivity index (χ4n) is 1.17. The van der Waals surface area contributed by atoms with Crippen molar-refractivity contribution in [1.82, 2.24) is 0 Å². The van der Waals surface area contributed by atoms with Crippen LogP contribution in [0.3, 0.4) is 0 Å². The zero-order chi connectivity index (χ0) is 15.1. The van der Waals surface area contributed by atoms with Crippen LogP contribution < -0.4 is 22.1 Å². The predicted molar refractivity (Wildman–Crippen MR) is 70.5 cm³/mol. The number of nitrogens with one attached hydrogen (secondary N) is 4. The lowest BCUT2D eigenvalue weighted by molar-refractivity contribution is 0.209. The topological polar surface area (TPSA) is 176 Å². The van der Waals surface area contributed by atoms with Gasteiger partial charge < -0.3 is 20.9 Å². The molecule has 0 aliphatic heterocycles. The third-order valence-corrected chi connectivity index (χ3v) is 1.81. The van der Waals surface area contributed by atoms with Crippen molar-refractivity contribution in [2.45, 2.75) is 0 Å². The first-order chi connectivity index (χ1) is 9.38. The molecule has 0 spiro atoms. The monoisotopic (exact) mass is 280 g/mol. The lowest BCUT2D eigenvalue weighted by Crippen LogP contribution is -2.25. The molecule has 1 aromatic rings. The van der Waals surface area contributed by atoms with Gasteiger partial charge >= 0.3 is 12.2 Å². The highest BCUT2D eigenvalue weighted by Crippen LogP contribution is 2.21. The second-order valence-corrected chi connectivity index (χ2v) is 3.30. The van der Waals surface area contributed by atoms with Gasteiger partial charge in [0.05, 0.1) is 11.4 Å². The summed E-state index contributed by atoms with van der Waals surface area (Å²) in [5.74, 6) is 0. The van der Waals surface area contributed by atoms with Crippen molar-refractivity contribution in [1.29, 1.82) is 10.8 Å². The Morgan fingerprint density at radius 1 is 0.900 bits per heavy atom. The number of carbonyl (C=O) groups excluding carboxylic acids is 2. The van der Waals surface area contributed by atoms with Crippen LogP contribution in [-0.2, 0) is 9.47 Å². The fraction of sp³-hybridized carbons (Fsp3) is 0. The summed E-state index contributed by atoms with van der Waals surface area (Å²) in [6.07, 6.45) is -1.99. The molecule has 8 N–H and O–H groups in total. The first kappa shape index (κ1) is 14.8. The molecule has 0 radical (unpaired) electrons. The summed E-state index contributed by atoms with van der Waals surface area (Å²) in [7, 11) is 0. The van der Waals surface area contributed by atoms with Crippen LogP contribution in [0.25, 0.3) is 0 Å². The maximum atomic E-state index is 11.3. The average molecular weight is 280 g/mol. The van der Waals surface area contributed by atoms with E-state index in [1.54, 1.807) is 12.1 Å². The Hall–Kier alpha value is -3.30. The van der Waals surface area contributed by atoms with E-state index in [1.165, 1.54) is 12.1 Å². The number of anilines is 2. The van der Waals surface area contributed by atoms with E-state index in [1.807, 2.05) is 0 Å². The molecular formula is C10H12N6O4. The Labute approximate surface area is 113 Å². The van der Waals surface area contributed by atoms with Gasteiger partial charge in [0, 0.05) is 0 Å². The highest BCUT2D eigenvalue weighted by Gasteiger charge is 2.12. The lowest BCUT2D eigenvalue weighted by Gasteiger charge is -2.11. The van der Waals surface area contributed by atoms with Gasteiger partial charge in [-0.25, -0.2) is 9.59 Å². The molecular weight excluding hydrogens is 268 g/mol. The zero-order valence-electron chi connectivity index (χ0n) is 10.1. The first-order valence-electron chi connectivity index (χ1n) is 5.13. The summed E-state index contributed by atoms with van der Waals surface area (Å²) in [6.45, 7) is 0. The van der Waals surface area contributed by atoms with Gasteiger partial charge in [-0.2, -0.15) is 0 Å². The third kappa shape index (κ3) is 4.91. The third-order valence-electron chi connectivity index (χ3n) is 1.81. The molecule has 0 unspecified atom stereocenters. The summed E-state index contributed by atoms with van der Waals surface area (Å²) in [5.41, 5.74) is 10.1. The molecule has 20 heavy (non-hydrogen) atoms. The minimum absolute atomic E-state index is 0.180. The maximum absolute atomic E-state index is 11.3. The van der Waals surface area contributed by atoms with E-state index in [2.05, 4.69) is 20.1 Å². The fourth-order valence-corrected chi connectivity index (χ4v) is 1.17. The van der Waals surface area contributed by atoms with E-state index in [9.17, 15) is 9.59 Å². The van der Waals surface area contributed by atoms with Gasteiger partial charge in [-0.3, -0.25) is 21.5 Å². The summed E-state index contributed by atoms with van der Waals surface area (Å²) >= 11 is 0. The molecule has 0 aliphatic rings. The Morgan fingerprint density at radius 3 is 1.55 bits per heavy atom. The second-order valence-electron chi connectivity index (χ2n) is 3.30. The molecule has 0 saturated carbocycles. The number of nitrogens with two attached hydrogens (primary N) is 2. The SMILES string of the molecule is N=C(N)OC(=O)Nc1ccccc1NC(=O)OC(=N)N. The van der Waals surface area contributed by atoms with Crippen molar-refractivity contribution in [2.75, 3.05) is 10.6 Å². The van der Waals surface area contributed by atoms with E-state index in [0.717, 1.165) is 0 Å². The molecule has 10 nitrogen and oxygen atoms in total. The van der Waals surface area contributed by atoms with Gasteiger partial charge in [0.1, 0.15) is 0 Å². The van der Waals surface area contributed by atoms with Crippen LogP contribution in [0.5, 0.6) is 0 Å². The largest absolute Gasteiger partial charge is 0.419 e. The predicted octanol–water partition coefficient (Wildman–Crippen LogP) is 0.571. The smallest absolute Gasteiger partial charge is 0.376 e. The van der Waals surface area contributed by atoms with Crippen LogP contribution in [0, 0.1) is 10.8 Å². The number of amidine groups is 2. The average Bonchev–Trinajstić information content (AvgIpc) is 2.29. The summed E-state index contributed by atoms with van der Waals surface area (Å²) in [5, 5.41) is 18.1. The van der Waals surface area contributed by atoms with E-state index in [0.29, 0.717) is 0 Å². The quantitative estimate of drug-likeness (QED) is 0.340. The number of rotatable bonds is 2. The highest BCUT2D eigenvalue weighted by atomic mass is 16.6. The number of hydrogen-bond donors (Lipinski definition) is 6. The molecule has 1 rings (SSSR count). The van der Waals surface area contributed by atoms with Gasteiger partial charge in [-0.1, -0.05) is 12.1 Å². The van der Waals surface area contributed by atoms with Gasteiger partial charge in [0.25, 0.3) is 12.0 Å². The van der Waals surface area contributed by atoms with Crippen LogP contribution in [0.15, 0.2) is 24.3 Å². The minimum atomic E-state index is -0.994. The minimum Gasteiger partial charge on any atom is -0.376 e. The molecule has 0 aliphatic carbocycles. The van der Waals surface area contributed by atoms with Gasteiger partial charge in [-0.05, 0) is 12.1 Å². The van der Waals surface area contributed by atoms with Gasteiger partial charge in [0.15, 0.2) is 0 Å². The molecule has 0 aromatic heterocycles. The summed E-state index contributed by atoms with van der Waals surface area (Å²) in [6, 6.07) is 4.55. The summed E-state index contributed by atoms with van der Waals surface area (Å²) in [4.78, 5) is 22.6. The number of ether oxygens (including phenoxy) is 2. The molecule has 0 fully saturated rings. The van der Waals surface area contributed by atoms with Crippen molar-refractivity contribution in [2.24, 2.45) is 11.5 Å². The number of carbonyl (C=O) groups is 2. The number of para-hydroxylation sites is 2. The Kier molecular flexibility index (Phi) is 4.86. The van der Waals surface area contributed by atoms with Crippen LogP contribution in [0.1, 0.15) is 0 Å². The van der Waals surface area contributed by atoms with Crippen molar-refractivity contribution >= 4 is 35.6 Å². The Bertz CT molecular complexity index is 509. The van der Waals surface area contributed by atoms with E-state index in [-0.39, 0.29) is 11.4 Å². The summed E-state index contributed by atoms with van der Waals surface area (Å²) < 4.78 is 8.58. The van der Waals surface area contributed by atoms with E-state index in [4.69, 9.17) is 22.3 Å². The molecule has 0 heterocycles. The first-order valence-corrected chi connectivity index (χ1v) is 5.13. The Morgan fingerprint density at radius 2 is 1.25 bits per heavy atom. The van der Waals surface area contributed by atoms with Crippen LogP contribution in [0.2, 0.25) is 0 Å². The molecule has 106 valence electrons. The van der Waals surface area contributed by atoms with Crippen molar-refractivity contribution < 1.29 is 19.1 Å². The standard InChI is InChI=1S/C10H12N6O4/c11-7(12)19-9(17)15-5-3-1-2-4-6(5)16-10(18)20-8(13)14/h1-4H,(H3,11,12)(H3,13,14)(H,15,17)(H,16,18). The zero-order valence-corrected chi connectivity index (χ0v) is 10.1. The molecule has 2 amide bonds. The number of amides is 2. The Balaban J connectivity index is 2.77. The van der Waals surface area contributed by atoms with E-state index >= 15 is 0 Å². The van der Waals surface area contributed by atoms with Gasteiger partial charge in [0.2, 0.25) is 0 Å². The van der Waals surface area contributed by atoms with Crippen molar-refractivity contribution in [3.05, 3.63) is 24.3 Å².